The summed E-state index contributed by atoms with van der Waals surface area (Å²) < 4.78 is 73.1. The molecule has 2 aromatic rings. The molecule has 1 unspecified atom stereocenters. The molecule has 45 heavy (non-hydrogen) atoms. The Morgan fingerprint density at radius 3 is 2.44 bits per heavy atom. The molecule has 3 amide bonds. The van der Waals surface area contributed by atoms with Crippen LogP contribution in [0, 0.1) is 35.2 Å². The van der Waals surface area contributed by atoms with Gasteiger partial charge in [-0.15, -0.1) is 0 Å². The molecule has 5 rings (SSSR count). The van der Waals surface area contributed by atoms with Gasteiger partial charge in [0.2, 0.25) is 5.91 Å². The summed E-state index contributed by atoms with van der Waals surface area (Å²) in [5.74, 6) is -7.04. The minimum absolute atomic E-state index is 0.0563. The van der Waals surface area contributed by atoms with Gasteiger partial charge in [0.25, 0.3) is 5.91 Å². The van der Waals surface area contributed by atoms with Gasteiger partial charge in [-0.2, -0.15) is 0 Å². The first-order valence-electron chi connectivity index (χ1n) is 14.5. The van der Waals surface area contributed by atoms with Gasteiger partial charge in [-0.1, -0.05) is 18.5 Å². The number of anilines is 1. The molecule has 10 nitrogen and oxygen atoms in total. The highest BCUT2D eigenvalue weighted by Crippen LogP contribution is 2.54. The lowest BCUT2D eigenvalue weighted by atomic mass is 9.73. The number of carbonyl (C=O) groups excluding carboxylic acids is 3. The van der Waals surface area contributed by atoms with Crippen molar-refractivity contribution in [2.24, 2.45) is 17.8 Å². The number of aliphatic hydroxyl groups is 1. The fourth-order valence-corrected chi connectivity index (χ4v) is 9.55. The van der Waals surface area contributed by atoms with Gasteiger partial charge in [0, 0.05) is 36.5 Å². The molecule has 1 saturated heterocycles. The average Bonchev–Trinajstić information content (AvgIpc) is 3.51. The van der Waals surface area contributed by atoms with Gasteiger partial charge in [0.05, 0.1) is 27.9 Å². The number of hydrogen-bond donors (Lipinski definition) is 3. The predicted molar refractivity (Wildman–Crippen MR) is 157 cm³/mol. The number of nitrogens with zero attached hydrogens (tertiary/aromatic N) is 1. The molecule has 2 saturated carbocycles. The smallest absolute Gasteiger partial charge is 0.410 e. The third-order valence-electron chi connectivity index (χ3n) is 9.45. The maximum Gasteiger partial charge on any atom is 0.410 e. The van der Waals surface area contributed by atoms with E-state index in [1.54, 1.807) is 0 Å². The number of likely N-dealkylation sites (tertiary alicyclic amines) is 1. The molecule has 0 radical (unpaired) electrons. The molecule has 0 spiro atoms. The minimum Gasteiger partial charge on any atom is -0.453 e. The van der Waals surface area contributed by atoms with E-state index in [-0.39, 0.29) is 46.5 Å². The molecule has 244 valence electrons. The monoisotopic (exact) mass is 671 g/mol. The maximum absolute atomic E-state index is 13.9. The first-order valence-corrected chi connectivity index (χ1v) is 16.4. The molecule has 0 aromatic heterocycles. The number of ether oxygens (including phenoxy) is 1. The van der Waals surface area contributed by atoms with Crippen molar-refractivity contribution >= 4 is 45.0 Å². The average molecular weight is 672 g/mol. The highest BCUT2D eigenvalue weighted by Gasteiger charge is 2.58. The normalized spacial score (nSPS) is 27.7. The summed E-state index contributed by atoms with van der Waals surface area (Å²) in [7, 11) is -2.91. The number of carbonyl (C=O) groups is 3. The Morgan fingerprint density at radius 2 is 1.80 bits per heavy atom. The quantitative estimate of drug-likeness (QED) is 0.373. The van der Waals surface area contributed by atoms with Crippen molar-refractivity contribution in [3.05, 3.63) is 58.4 Å². The van der Waals surface area contributed by atoms with Crippen LogP contribution in [0.3, 0.4) is 0 Å². The summed E-state index contributed by atoms with van der Waals surface area (Å²) >= 11 is 6.30. The maximum atomic E-state index is 13.9. The number of fused-ring (bicyclic) bond motifs is 2. The molecule has 2 bridgehead atoms. The van der Waals surface area contributed by atoms with E-state index in [0.717, 1.165) is 6.07 Å². The molecular formula is C30H33ClF3N3O7S. The Kier molecular flexibility index (Phi) is 9.13. The van der Waals surface area contributed by atoms with Crippen LogP contribution in [0.1, 0.15) is 49.4 Å². The van der Waals surface area contributed by atoms with Crippen LogP contribution in [0.15, 0.2) is 35.2 Å². The summed E-state index contributed by atoms with van der Waals surface area (Å²) in [5, 5.41) is 15.7. The van der Waals surface area contributed by atoms with Crippen molar-refractivity contribution in [1.82, 2.24) is 10.2 Å². The molecule has 15 heteroatoms. The summed E-state index contributed by atoms with van der Waals surface area (Å²) in [6, 6.07) is 4.00. The Balaban J connectivity index is 1.31. The number of hydrogen-bond acceptors (Lipinski definition) is 7. The van der Waals surface area contributed by atoms with Crippen LogP contribution < -0.4 is 10.6 Å². The summed E-state index contributed by atoms with van der Waals surface area (Å²) in [4.78, 5) is 38.9. The molecular weight excluding hydrogens is 639 g/mol. The van der Waals surface area contributed by atoms with Crippen LogP contribution in [-0.4, -0.2) is 73.4 Å². The Bertz CT molecular complexity index is 1620. The molecule has 2 aliphatic carbocycles. The number of methoxy groups -OCH3 is 1. The molecule has 1 aliphatic heterocycles. The second-order valence-corrected chi connectivity index (χ2v) is 14.6. The van der Waals surface area contributed by atoms with E-state index in [4.69, 9.17) is 16.3 Å². The lowest BCUT2D eigenvalue weighted by Crippen LogP contribution is -2.57. The zero-order chi connectivity index (χ0) is 32.8. The van der Waals surface area contributed by atoms with Crippen LogP contribution in [0.4, 0.5) is 23.7 Å². The number of halogens is 4. The number of rotatable bonds is 7. The highest BCUT2D eigenvalue weighted by molar-refractivity contribution is 7.92. The topological polar surface area (TPSA) is 142 Å². The predicted octanol–water partition coefficient (Wildman–Crippen LogP) is 4.30. The van der Waals surface area contributed by atoms with Gasteiger partial charge >= 0.3 is 6.09 Å². The molecule has 1 heterocycles. The lowest BCUT2D eigenvalue weighted by Gasteiger charge is -2.43. The zero-order valence-corrected chi connectivity index (χ0v) is 26.1. The van der Waals surface area contributed by atoms with Gasteiger partial charge in [0.1, 0.15) is 6.04 Å². The summed E-state index contributed by atoms with van der Waals surface area (Å²) in [6.45, 7) is 2.19. The summed E-state index contributed by atoms with van der Waals surface area (Å²) in [5.41, 5.74) is -1.91. The van der Waals surface area contributed by atoms with Crippen molar-refractivity contribution < 1.29 is 45.8 Å². The van der Waals surface area contributed by atoms with Crippen molar-refractivity contribution in [2.75, 3.05) is 25.5 Å². The van der Waals surface area contributed by atoms with E-state index in [1.165, 1.54) is 24.1 Å². The van der Waals surface area contributed by atoms with Crippen LogP contribution >= 0.6 is 11.6 Å². The van der Waals surface area contributed by atoms with Crippen molar-refractivity contribution in [3.63, 3.8) is 0 Å². The van der Waals surface area contributed by atoms with Crippen molar-refractivity contribution in [2.45, 2.75) is 60.8 Å². The van der Waals surface area contributed by atoms with Crippen LogP contribution in [0.2, 0.25) is 5.02 Å². The standard InChI is InChI=1S/C30H33ClF3N3O7S/c1-15-8-17-10-19(13-20(15)30(17,41)14-35-28(39)24-4-3-7-37(24)29(40)44-2)45(42,43)25-9-16(5-6-21(25)31)27(38)36-18-11-22(32)26(34)23(33)12-18/h5-6,9,11-12,15,17,19-20,24,41H,3-4,7-8,10,13-14H2,1-2H3,(H,35,39)(H,36,38)/t15-,17?,19+,20+,24-,30+/m0/s1. The highest BCUT2D eigenvalue weighted by atomic mass is 35.5. The molecule has 3 fully saturated rings. The van der Waals surface area contributed by atoms with Gasteiger partial charge < -0.3 is 20.5 Å². The van der Waals surface area contributed by atoms with Gasteiger partial charge in [-0.3, -0.25) is 14.5 Å². The minimum atomic E-state index is -4.14. The van der Waals surface area contributed by atoms with E-state index >= 15 is 0 Å². The molecule has 6 atom stereocenters. The first-order chi connectivity index (χ1) is 21.2. The number of benzene rings is 2. The SMILES string of the molecule is COC(=O)N1CCC[C@H]1C(=O)NC[C@@]1(O)C2C[C@@H](S(=O)(=O)c3cc(C(=O)Nc4cc(F)c(F)c(F)c4)ccc3Cl)C[C@@H]1[C@@H](C)C2. The lowest BCUT2D eigenvalue weighted by molar-refractivity contribution is -0.128. The number of nitrogens with one attached hydrogen (secondary N) is 2. The molecule has 3 aliphatic rings. The molecule has 2 aromatic carbocycles. The number of amides is 3. The van der Waals surface area contributed by atoms with Crippen LogP contribution in [0.25, 0.3) is 0 Å². The van der Waals surface area contributed by atoms with Gasteiger partial charge in [-0.05, 0) is 68.1 Å². The third-order valence-corrected chi connectivity index (χ3v) is 12.1. The zero-order valence-electron chi connectivity index (χ0n) is 24.5. The van der Waals surface area contributed by atoms with E-state index in [2.05, 4.69) is 10.6 Å². The second kappa shape index (κ2) is 12.4. The van der Waals surface area contributed by atoms with Crippen molar-refractivity contribution in [1.29, 1.82) is 0 Å². The van der Waals surface area contributed by atoms with Gasteiger partial charge in [-0.25, -0.2) is 26.4 Å². The van der Waals surface area contributed by atoms with E-state index in [1.807, 2.05) is 6.92 Å². The first kappa shape index (κ1) is 33.0. The van der Waals surface area contributed by atoms with E-state index in [9.17, 15) is 41.1 Å². The largest absolute Gasteiger partial charge is 0.453 e. The fourth-order valence-electron chi connectivity index (χ4n) is 7.17. The Morgan fingerprint density at radius 1 is 1.11 bits per heavy atom. The van der Waals surface area contributed by atoms with E-state index in [0.29, 0.717) is 37.9 Å². The molecule has 3 N–H and O–H groups in total. The second-order valence-electron chi connectivity index (χ2n) is 12.0. The van der Waals surface area contributed by atoms with Crippen molar-refractivity contribution in [3.8, 4) is 0 Å². The van der Waals surface area contributed by atoms with E-state index < -0.39 is 73.9 Å². The van der Waals surface area contributed by atoms with Crippen LogP contribution in [0.5, 0.6) is 0 Å². The third kappa shape index (κ3) is 6.11. The Hall–Kier alpha value is -3.36. The summed E-state index contributed by atoms with van der Waals surface area (Å²) in [6.07, 6.45) is 1.16. The Labute approximate surface area is 263 Å². The van der Waals surface area contributed by atoms with Crippen LogP contribution in [-0.2, 0) is 19.4 Å². The van der Waals surface area contributed by atoms with Gasteiger partial charge in [0.15, 0.2) is 27.3 Å². The number of sulfone groups is 1. The fraction of sp³-hybridized carbons (Fsp3) is 0.500.